The van der Waals surface area contributed by atoms with Crippen LogP contribution in [0.3, 0.4) is 0 Å². The smallest absolute Gasteiger partial charge is 0.305 e. The van der Waals surface area contributed by atoms with Crippen LogP contribution in [0.1, 0.15) is 356 Å². The van der Waals surface area contributed by atoms with Crippen molar-refractivity contribution in [1.29, 1.82) is 0 Å². The van der Waals surface area contributed by atoms with E-state index in [-0.39, 0.29) is 5.97 Å². The van der Waals surface area contributed by atoms with Crippen LogP contribution in [0, 0.1) is 5.92 Å². The molecule has 0 aromatic rings. The third-order valence-corrected chi connectivity index (χ3v) is 16.2. The molecule has 7 nitrogen and oxygen atoms in total. The molecule has 0 aromatic carbocycles. The second kappa shape index (κ2) is 57.5. The number of unbranched alkanes of at least 4 members (excludes halogenated alkanes) is 35. The highest BCUT2D eigenvalue weighted by Crippen LogP contribution is 2.23. The van der Waals surface area contributed by atoms with Gasteiger partial charge in [-0.05, 0) is 90.8 Å². The molecule has 7 heteroatoms. The van der Waals surface area contributed by atoms with Crippen LogP contribution in [0.25, 0.3) is 0 Å². The van der Waals surface area contributed by atoms with Gasteiger partial charge in [-0.15, -0.1) is 0 Å². The Balaban J connectivity index is 5.23. The summed E-state index contributed by atoms with van der Waals surface area (Å²) in [6, 6.07) is 0.333. The monoisotopic (exact) mass is 1040 g/mol. The van der Waals surface area contributed by atoms with Gasteiger partial charge in [0.2, 0.25) is 11.8 Å². The Labute approximate surface area is 464 Å². The van der Waals surface area contributed by atoms with Crippen LogP contribution >= 0.6 is 0 Å². The maximum absolute atomic E-state index is 14.1. The zero-order valence-electron chi connectivity index (χ0n) is 51.5. The molecule has 0 aliphatic heterocycles. The fourth-order valence-electron chi connectivity index (χ4n) is 11.1. The first-order chi connectivity index (χ1) is 36.2. The molecule has 0 aromatic heterocycles. The summed E-state index contributed by atoms with van der Waals surface area (Å²) in [5.74, 6) is 1.31. The highest BCUT2D eigenvalue weighted by Gasteiger charge is 2.23. The van der Waals surface area contributed by atoms with Gasteiger partial charge in [0.25, 0.3) is 0 Å². The number of nitrogens with zero attached hydrogens (tertiary/aromatic N) is 3. The van der Waals surface area contributed by atoms with Gasteiger partial charge in [0.05, 0.1) is 6.61 Å². The maximum Gasteiger partial charge on any atom is 0.305 e. The lowest BCUT2D eigenvalue weighted by Gasteiger charge is -2.33. The zero-order valence-corrected chi connectivity index (χ0v) is 51.5. The van der Waals surface area contributed by atoms with E-state index in [4.69, 9.17) is 4.74 Å². The summed E-state index contributed by atoms with van der Waals surface area (Å²) in [5.41, 5.74) is 0. The number of rotatable bonds is 60. The Kier molecular flexibility index (Phi) is 56.3. The van der Waals surface area contributed by atoms with Crippen molar-refractivity contribution in [3.05, 3.63) is 0 Å². The molecule has 0 rings (SSSR count). The van der Waals surface area contributed by atoms with Crippen molar-refractivity contribution in [3.63, 3.8) is 0 Å². The van der Waals surface area contributed by atoms with E-state index in [1.807, 2.05) is 0 Å². The van der Waals surface area contributed by atoms with Crippen LogP contribution in [0.5, 0.6) is 0 Å². The zero-order chi connectivity index (χ0) is 54.2. The number of esters is 1. The van der Waals surface area contributed by atoms with E-state index in [1.54, 1.807) is 0 Å². The lowest BCUT2D eigenvalue weighted by Crippen LogP contribution is -2.41. The van der Waals surface area contributed by atoms with Gasteiger partial charge in [-0.2, -0.15) is 0 Å². The highest BCUT2D eigenvalue weighted by molar-refractivity contribution is 5.76. The molecule has 440 valence electrons. The standard InChI is InChI=1S/C67H133N3O4/c1-8-13-18-22-25-32-39-47-59-69(60-48-40-33-26-23-19-14-9-2)65(71)55-45-37-30-28-35-43-53-64(70(66(72)56-50-58-68(6)7)61-49-41-34-27-24-20-15-10-3)54-44-36-29-31-38-46-57-67(73)74-62-63(51-17-12-5)52-42-21-16-11-4/h63-64H,8-62H2,1-7H3. The van der Waals surface area contributed by atoms with Crippen LogP contribution < -0.4 is 0 Å². The molecule has 0 aliphatic rings. The van der Waals surface area contributed by atoms with E-state index in [1.165, 1.54) is 238 Å². The predicted octanol–water partition coefficient (Wildman–Crippen LogP) is 20.3. The predicted molar refractivity (Wildman–Crippen MR) is 324 cm³/mol. The lowest BCUT2D eigenvalue weighted by molar-refractivity contribution is -0.145. The van der Waals surface area contributed by atoms with E-state index in [0.717, 1.165) is 90.4 Å². The van der Waals surface area contributed by atoms with Crippen molar-refractivity contribution >= 4 is 17.8 Å². The van der Waals surface area contributed by atoms with Crippen molar-refractivity contribution in [1.82, 2.24) is 14.7 Å². The number of amides is 2. The Morgan fingerprint density at radius 1 is 0.324 bits per heavy atom. The van der Waals surface area contributed by atoms with Gasteiger partial charge in [-0.3, -0.25) is 14.4 Å². The number of ether oxygens (including phenoxy) is 1. The SMILES string of the molecule is CCCCCCCCCCN(CCCCCCCCCC)C(=O)CCCCCCCCC(CCCCCCCCC(=O)OCC(CCCC)CCCCCC)N(CCCCCCCCCC)C(=O)CCCN(C)C. The molecule has 0 saturated carbocycles. The van der Waals surface area contributed by atoms with E-state index in [2.05, 4.69) is 63.4 Å². The first-order valence-corrected chi connectivity index (χ1v) is 33.6. The molecule has 0 bridgehead atoms. The van der Waals surface area contributed by atoms with Gasteiger partial charge in [0.1, 0.15) is 0 Å². The summed E-state index contributed by atoms with van der Waals surface area (Å²) in [6.45, 7) is 15.8. The van der Waals surface area contributed by atoms with Crippen molar-refractivity contribution in [2.45, 2.75) is 362 Å². The van der Waals surface area contributed by atoms with Crippen molar-refractivity contribution in [2.75, 3.05) is 46.9 Å². The van der Waals surface area contributed by atoms with Gasteiger partial charge < -0.3 is 19.4 Å². The maximum atomic E-state index is 14.1. The molecule has 74 heavy (non-hydrogen) atoms. The molecule has 0 radical (unpaired) electrons. The average Bonchev–Trinajstić information content (AvgIpc) is 3.39. The molecule has 2 unspecified atom stereocenters. The number of carbonyl (C=O) groups excluding carboxylic acids is 3. The summed E-state index contributed by atoms with van der Waals surface area (Å²) in [6.07, 6.45) is 60.1. The first-order valence-electron chi connectivity index (χ1n) is 33.6. The van der Waals surface area contributed by atoms with Crippen molar-refractivity contribution in [2.24, 2.45) is 5.92 Å². The van der Waals surface area contributed by atoms with Crippen LogP contribution in [-0.4, -0.2) is 85.4 Å². The Bertz CT molecular complexity index is 1160. The highest BCUT2D eigenvalue weighted by atomic mass is 16.5. The summed E-state index contributed by atoms with van der Waals surface area (Å²) in [7, 11) is 4.23. The van der Waals surface area contributed by atoms with Gasteiger partial charge in [-0.25, -0.2) is 0 Å². The van der Waals surface area contributed by atoms with E-state index in [9.17, 15) is 14.4 Å². The molecule has 0 N–H and O–H groups in total. The first kappa shape index (κ1) is 72.4. The molecule has 2 amide bonds. The van der Waals surface area contributed by atoms with Gasteiger partial charge >= 0.3 is 5.97 Å². The van der Waals surface area contributed by atoms with Gasteiger partial charge in [0, 0.05) is 44.9 Å². The number of carbonyl (C=O) groups is 3. The third kappa shape index (κ3) is 48.7. The van der Waals surface area contributed by atoms with E-state index >= 15 is 0 Å². The summed E-state index contributed by atoms with van der Waals surface area (Å²) in [4.78, 5) is 47.2. The topological polar surface area (TPSA) is 70.2 Å². The summed E-state index contributed by atoms with van der Waals surface area (Å²) in [5, 5.41) is 0. The second-order valence-electron chi connectivity index (χ2n) is 23.8. The van der Waals surface area contributed by atoms with Crippen LogP contribution in [0.4, 0.5) is 0 Å². The average molecular weight is 1040 g/mol. The third-order valence-electron chi connectivity index (χ3n) is 16.2. The van der Waals surface area contributed by atoms with E-state index < -0.39 is 0 Å². The van der Waals surface area contributed by atoms with E-state index in [0.29, 0.717) is 49.6 Å². The quantitative estimate of drug-likeness (QED) is 0.0448. The fraction of sp³-hybridized carbons (Fsp3) is 0.955. The molecule has 0 saturated heterocycles. The lowest BCUT2D eigenvalue weighted by atomic mass is 9.96. The Morgan fingerprint density at radius 2 is 0.662 bits per heavy atom. The van der Waals surface area contributed by atoms with Crippen molar-refractivity contribution < 1.29 is 19.1 Å². The summed E-state index contributed by atoms with van der Waals surface area (Å²) < 4.78 is 5.81. The number of hydrogen-bond acceptors (Lipinski definition) is 5. The van der Waals surface area contributed by atoms with Gasteiger partial charge in [0.15, 0.2) is 0 Å². The Hall–Kier alpha value is -1.63. The molecular formula is C67H133N3O4. The normalized spacial score (nSPS) is 12.4. The van der Waals surface area contributed by atoms with Crippen LogP contribution in [0.15, 0.2) is 0 Å². The number of hydrogen-bond donors (Lipinski definition) is 0. The Morgan fingerprint density at radius 3 is 1.11 bits per heavy atom. The molecule has 0 aliphatic carbocycles. The van der Waals surface area contributed by atoms with Gasteiger partial charge in [-0.1, -0.05) is 272 Å². The van der Waals surface area contributed by atoms with Crippen molar-refractivity contribution in [3.8, 4) is 0 Å². The minimum absolute atomic E-state index is 0.000322. The molecule has 2 atom stereocenters. The molecular weight excluding hydrogens is 911 g/mol. The molecule has 0 spiro atoms. The minimum atomic E-state index is 0.000322. The second-order valence-corrected chi connectivity index (χ2v) is 23.8. The largest absolute Gasteiger partial charge is 0.465 e. The minimum Gasteiger partial charge on any atom is -0.465 e. The summed E-state index contributed by atoms with van der Waals surface area (Å²) >= 11 is 0. The molecule has 0 heterocycles. The molecule has 0 fully saturated rings. The fourth-order valence-corrected chi connectivity index (χ4v) is 11.1. The van der Waals surface area contributed by atoms with Crippen LogP contribution in [0.2, 0.25) is 0 Å². The van der Waals surface area contributed by atoms with Crippen LogP contribution in [-0.2, 0) is 19.1 Å².